The minimum atomic E-state index is 0.101. The maximum Gasteiger partial charge on any atom is 0.254 e. The van der Waals surface area contributed by atoms with Gasteiger partial charge in [0.1, 0.15) is 11.3 Å². The number of carbonyl (C=O) groups is 1. The summed E-state index contributed by atoms with van der Waals surface area (Å²) in [6.45, 7) is 5.69. The summed E-state index contributed by atoms with van der Waals surface area (Å²) in [7, 11) is 0. The maximum absolute atomic E-state index is 13.6. The highest BCUT2D eigenvalue weighted by Crippen LogP contribution is 2.33. The molecular formula is C29H40N4O. The standard InChI is InChI=1S/C29H40N4O/c1-3-5-7-8-12-23-16-18-24(19-17-23)29(34)32(21-6-4-2)22-27-31-26-15-11-20-30-28(26)33(27)25-13-9-10-14-25/h11,15-20,25H,3-10,12-14,21-22H2,1-2H3. The molecule has 2 aromatic heterocycles. The second kappa shape index (κ2) is 12.1. The lowest BCUT2D eigenvalue weighted by Crippen LogP contribution is -2.33. The fraction of sp³-hybridized carbons (Fsp3) is 0.552. The highest BCUT2D eigenvalue weighted by Gasteiger charge is 2.26. The maximum atomic E-state index is 13.6. The Morgan fingerprint density at radius 3 is 2.50 bits per heavy atom. The molecule has 0 aliphatic heterocycles. The molecule has 0 radical (unpaired) electrons. The molecule has 1 amide bonds. The van der Waals surface area contributed by atoms with Gasteiger partial charge in [-0.1, -0.05) is 64.5 Å². The van der Waals surface area contributed by atoms with Crippen molar-refractivity contribution in [1.29, 1.82) is 0 Å². The highest BCUT2D eigenvalue weighted by molar-refractivity contribution is 5.94. The summed E-state index contributed by atoms with van der Waals surface area (Å²) in [5.41, 5.74) is 3.98. The molecule has 1 aliphatic rings. The van der Waals surface area contributed by atoms with Gasteiger partial charge >= 0.3 is 0 Å². The van der Waals surface area contributed by atoms with Crippen LogP contribution in [0.2, 0.25) is 0 Å². The van der Waals surface area contributed by atoms with Crippen LogP contribution in [0.1, 0.15) is 106 Å². The quantitative estimate of drug-likeness (QED) is 0.271. The first-order valence-corrected chi connectivity index (χ1v) is 13.4. The molecule has 0 spiro atoms. The van der Waals surface area contributed by atoms with Crippen LogP contribution >= 0.6 is 0 Å². The Morgan fingerprint density at radius 2 is 1.76 bits per heavy atom. The van der Waals surface area contributed by atoms with Crippen molar-refractivity contribution in [2.24, 2.45) is 0 Å². The number of carbonyl (C=O) groups excluding carboxylic acids is 1. The monoisotopic (exact) mass is 460 g/mol. The molecule has 5 nitrogen and oxygen atoms in total. The van der Waals surface area contributed by atoms with Gasteiger partial charge in [0.05, 0.1) is 6.54 Å². The van der Waals surface area contributed by atoms with Gasteiger partial charge in [-0.3, -0.25) is 4.79 Å². The average Bonchev–Trinajstić information content (AvgIpc) is 3.52. The van der Waals surface area contributed by atoms with E-state index in [1.807, 2.05) is 35.4 Å². The first-order valence-electron chi connectivity index (χ1n) is 13.4. The lowest BCUT2D eigenvalue weighted by Gasteiger charge is -2.24. The number of aromatic nitrogens is 3. The van der Waals surface area contributed by atoms with Crippen molar-refractivity contribution in [3.8, 4) is 0 Å². The predicted octanol–water partition coefficient (Wildman–Crippen LogP) is 7.11. The van der Waals surface area contributed by atoms with Crippen LogP contribution < -0.4 is 0 Å². The minimum Gasteiger partial charge on any atom is -0.331 e. The van der Waals surface area contributed by atoms with E-state index in [1.165, 1.54) is 44.1 Å². The van der Waals surface area contributed by atoms with Gasteiger partial charge in [0, 0.05) is 24.3 Å². The molecule has 5 heteroatoms. The zero-order valence-electron chi connectivity index (χ0n) is 21.0. The molecule has 1 aromatic carbocycles. The molecule has 1 aliphatic carbocycles. The molecule has 4 rings (SSSR count). The Hall–Kier alpha value is -2.69. The van der Waals surface area contributed by atoms with Crippen LogP contribution in [0.4, 0.5) is 0 Å². The molecular weight excluding hydrogens is 420 g/mol. The van der Waals surface area contributed by atoms with E-state index in [0.717, 1.165) is 61.2 Å². The number of hydrogen-bond donors (Lipinski definition) is 0. The lowest BCUT2D eigenvalue weighted by molar-refractivity contribution is 0.0734. The van der Waals surface area contributed by atoms with E-state index in [0.29, 0.717) is 12.6 Å². The first kappa shape index (κ1) is 24.4. The van der Waals surface area contributed by atoms with Crippen molar-refractivity contribution in [3.05, 3.63) is 59.5 Å². The fourth-order valence-electron chi connectivity index (χ4n) is 5.16. The van der Waals surface area contributed by atoms with Crippen LogP contribution in [0.5, 0.6) is 0 Å². The lowest BCUT2D eigenvalue weighted by atomic mass is 10.0. The Labute approximate surface area is 204 Å². The normalized spacial score (nSPS) is 14.2. The van der Waals surface area contributed by atoms with E-state index in [2.05, 4.69) is 35.5 Å². The SMILES string of the molecule is CCCCCCc1ccc(C(=O)N(CCCC)Cc2nc3cccnc3n2C2CCCC2)cc1. The molecule has 2 heterocycles. The average molecular weight is 461 g/mol. The van der Waals surface area contributed by atoms with E-state index in [-0.39, 0.29) is 5.91 Å². The van der Waals surface area contributed by atoms with Gasteiger partial charge in [0.15, 0.2) is 5.65 Å². The number of rotatable bonds is 12. The predicted molar refractivity (Wildman–Crippen MR) is 139 cm³/mol. The van der Waals surface area contributed by atoms with Gasteiger partial charge < -0.3 is 9.47 Å². The van der Waals surface area contributed by atoms with Gasteiger partial charge in [0.25, 0.3) is 5.91 Å². The van der Waals surface area contributed by atoms with Crippen molar-refractivity contribution >= 4 is 17.1 Å². The molecule has 0 saturated heterocycles. The smallest absolute Gasteiger partial charge is 0.254 e. The highest BCUT2D eigenvalue weighted by atomic mass is 16.2. The zero-order chi connectivity index (χ0) is 23.8. The fourth-order valence-corrected chi connectivity index (χ4v) is 5.16. The number of imidazole rings is 1. The Balaban J connectivity index is 1.54. The van der Waals surface area contributed by atoms with Crippen molar-refractivity contribution in [3.63, 3.8) is 0 Å². The summed E-state index contributed by atoms with van der Waals surface area (Å²) in [4.78, 5) is 25.2. The van der Waals surface area contributed by atoms with E-state index in [4.69, 9.17) is 4.98 Å². The minimum absolute atomic E-state index is 0.101. The largest absolute Gasteiger partial charge is 0.331 e. The molecule has 0 unspecified atom stereocenters. The number of unbranched alkanes of at least 4 members (excludes halogenated alkanes) is 4. The summed E-state index contributed by atoms with van der Waals surface area (Å²) in [6, 6.07) is 12.7. The molecule has 34 heavy (non-hydrogen) atoms. The molecule has 0 atom stereocenters. The van der Waals surface area contributed by atoms with Gasteiger partial charge in [-0.25, -0.2) is 9.97 Å². The van der Waals surface area contributed by atoms with Gasteiger partial charge in [-0.2, -0.15) is 0 Å². The molecule has 1 fully saturated rings. The third-order valence-electron chi connectivity index (χ3n) is 7.13. The van der Waals surface area contributed by atoms with Crippen molar-refractivity contribution in [1.82, 2.24) is 19.4 Å². The summed E-state index contributed by atoms with van der Waals surface area (Å²) < 4.78 is 2.33. The Bertz CT molecular complexity index is 1050. The molecule has 0 bridgehead atoms. The zero-order valence-corrected chi connectivity index (χ0v) is 21.0. The number of aryl methyl sites for hydroxylation is 1. The number of benzene rings is 1. The van der Waals surface area contributed by atoms with E-state index in [1.54, 1.807) is 0 Å². The van der Waals surface area contributed by atoms with Crippen LogP contribution in [0.15, 0.2) is 42.6 Å². The topological polar surface area (TPSA) is 51.0 Å². The van der Waals surface area contributed by atoms with Crippen LogP contribution in [-0.2, 0) is 13.0 Å². The molecule has 0 N–H and O–H groups in total. The first-order chi connectivity index (χ1) is 16.7. The van der Waals surface area contributed by atoms with Crippen LogP contribution in [0.3, 0.4) is 0 Å². The molecule has 3 aromatic rings. The summed E-state index contributed by atoms with van der Waals surface area (Å²) in [5.74, 6) is 1.07. The van der Waals surface area contributed by atoms with Crippen molar-refractivity contribution < 1.29 is 4.79 Å². The number of fused-ring (bicyclic) bond motifs is 1. The summed E-state index contributed by atoms with van der Waals surface area (Å²) >= 11 is 0. The summed E-state index contributed by atoms with van der Waals surface area (Å²) in [6.07, 6.45) is 14.9. The van der Waals surface area contributed by atoms with E-state index < -0.39 is 0 Å². The number of hydrogen-bond acceptors (Lipinski definition) is 3. The molecule has 182 valence electrons. The van der Waals surface area contributed by atoms with Gasteiger partial charge in [-0.15, -0.1) is 0 Å². The van der Waals surface area contributed by atoms with Crippen molar-refractivity contribution in [2.45, 2.75) is 97.1 Å². The number of pyridine rings is 1. The van der Waals surface area contributed by atoms with Gasteiger partial charge in [-0.05, 0) is 61.9 Å². The number of amides is 1. The Kier molecular flexibility index (Phi) is 8.73. The third-order valence-corrected chi connectivity index (χ3v) is 7.13. The summed E-state index contributed by atoms with van der Waals surface area (Å²) in [5, 5.41) is 0. The Morgan fingerprint density at radius 1 is 1.00 bits per heavy atom. The van der Waals surface area contributed by atoms with Gasteiger partial charge in [0.2, 0.25) is 0 Å². The van der Waals surface area contributed by atoms with Crippen LogP contribution in [-0.4, -0.2) is 31.9 Å². The number of nitrogens with zero attached hydrogens (tertiary/aromatic N) is 4. The molecule has 1 saturated carbocycles. The van der Waals surface area contributed by atoms with Crippen LogP contribution in [0.25, 0.3) is 11.2 Å². The third kappa shape index (κ3) is 5.86. The second-order valence-electron chi connectivity index (χ2n) is 9.77. The van der Waals surface area contributed by atoms with E-state index in [9.17, 15) is 4.79 Å². The van der Waals surface area contributed by atoms with Crippen LogP contribution in [0, 0.1) is 0 Å². The van der Waals surface area contributed by atoms with Crippen molar-refractivity contribution in [2.75, 3.05) is 6.54 Å². The second-order valence-corrected chi connectivity index (χ2v) is 9.77. The van der Waals surface area contributed by atoms with E-state index >= 15 is 0 Å².